The van der Waals surface area contributed by atoms with E-state index in [4.69, 9.17) is 16.3 Å². The summed E-state index contributed by atoms with van der Waals surface area (Å²) in [5, 5.41) is 5.38. The number of halogens is 1. The molecule has 0 unspecified atom stereocenters. The maximum atomic E-state index is 12.7. The Labute approximate surface area is 202 Å². The van der Waals surface area contributed by atoms with Gasteiger partial charge in [-0.2, -0.15) is 0 Å². The van der Waals surface area contributed by atoms with E-state index in [-0.39, 0.29) is 11.8 Å². The third-order valence-corrected chi connectivity index (χ3v) is 6.57. The Morgan fingerprint density at radius 2 is 1.88 bits per heavy atom. The largest absolute Gasteiger partial charge is 0.494 e. The number of amides is 2. The molecule has 6 nitrogen and oxygen atoms in total. The van der Waals surface area contributed by atoms with Crippen molar-refractivity contribution in [2.24, 2.45) is 0 Å². The number of carbonyl (C=O) groups excluding carboxylic acids is 2. The number of carbonyl (C=O) groups is 2. The van der Waals surface area contributed by atoms with Crippen LogP contribution in [0.5, 0.6) is 5.75 Å². The highest BCUT2D eigenvalue weighted by Gasteiger charge is 2.24. The van der Waals surface area contributed by atoms with Crippen LogP contribution in [-0.4, -0.2) is 49.5 Å². The molecule has 1 saturated heterocycles. The van der Waals surface area contributed by atoms with Crippen molar-refractivity contribution in [2.75, 3.05) is 43.0 Å². The molecule has 0 aliphatic carbocycles. The van der Waals surface area contributed by atoms with E-state index in [1.54, 1.807) is 24.3 Å². The fourth-order valence-corrected chi connectivity index (χ4v) is 4.69. The van der Waals surface area contributed by atoms with Gasteiger partial charge in [-0.05, 0) is 54.3 Å². The maximum Gasteiger partial charge on any atom is 0.264 e. The molecule has 8 heteroatoms. The maximum absolute atomic E-state index is 12.7. The number of thiophene rings is 1. The second-order valence-corrected chi connectivity index (χ2v) is 9.11. The van der Waals surface area contributed by atoms with Gasteiger partial charge in [-0.1, -0.05) is 30.7 Å². The molecule has 1 N–H and O–H groups in total. The zero-order valence-electron chi connectivity index (χ0n) is 18.4. The number of ether oxygens (including phenoxy) is 1. The third-order valence-electron chi connectivity index (χ3n) is 5.41. The Bertz CT molecular complexity index is 1110. The van der Waals surface area contributed by atoms with Crippen molar-refractivity contribution in [2.45, 2.75) is 13.3 Å². The first kappa shape index (κ1) is 23.1. The molecule has 172 valence electrons. The predicted octanol–water partition coefficient (Wildman–Crippen LogP) is 5.41. The van der Waals surface area contributed by atoms with Crippen molar-refractivity contribution in [1.82, 2.24) is 4.90 Å². The van der Waals surface area contributed by atoms with Crippen molar-refractivity contribution in [3.63, 3.8) is 0 Å². The third kappa shape index (κ3) is 5.67. The van der Waals surface area contributed by atoms with Gasteiger partial charge in [0.2, 0.25) is 0 Å². The molecule has 2 heterocycles. The van der Waals surface area contributed by atoms with Crippen LogP contribution in [0.1, 0.15) is 33.4 Å². The van der Waals surface area contributed by atoms with E-state index in [0.717, 1.165) is 17.0 Å². The molecule has 4 rings (SSSR count). The van der Waals surface area contributed by atoms with Crippen LogP contribution in [0, 0.1) is 0 Å². The van der Waals surface area contributed by atoms with Gasteiger partial charge in [-0.25, -0.2) is 0 Å². The molecular weight excluding hydrogens is 458 g/mol. The average Bonchev–Trinajstić information content (AvgIpc) is 3.38. The molecule has 0 atom stereocenters. The summed E-state index contributed by atoms with van der Waals surface area (Å²) in [5.41, 5.74) is 2.04. The van der Waals surface area contributed by atoms with Gasteiger partial charge in [0, 0.05) is 37.4 Å². The normalized spacial score (nSPS) is 13.6. The van der Waals surface area contributed by atoms with Gasteiger partial charge in [-0.15, -0.1) is 11.3 Å². The smallest absolute Gasteiger partial charge is 0.264 e. The van der Waals surface area contributed by atoms with Gasteiger partial charge >= 0.3 is 0 Å². The van der Waals surface area contributed by atoms with E-state index in [1.807, 2.05) is 47.5 Å². The summed E-state index contributed by atoms with van der Waals surface area (Å²) in [6, 6.07) is 16.4. The number of piperazine rings is 1. The van der Waals surface area contributed by atoms with Crippen LogP contribution in [0.25, 0.3) is 0 Å². The van der Waals surface area contributed by atoms with Crippen molar-refractivity contribution >= 4 is 46.1 Å². The Morgan fingerprint density at radius 1 is 1.06 bits per heavy atom. The average molecular weight is 484 g/mol. The lowest BCUT2D eigenvalue weighted by Gasteiger charge is -2.36. The molecule has 1 aliphatic rings. The molecule has 0 spiro atoms. The SMILES string of the molecule is CCCOc1cccc(C(=O)Nc2ccc(N3CCN(C(=O)c4cccs4)CC3)c(Cl)c2)c1. The van der Waals surface area contributed by atoms with Crippen molar-refractivity contribution in [3.05, 3.63) is 75.4 Å². The van der Waals surface area contributed by atoms with Gasteiger partial charge in [0.15, 0.2) is 0 Å². The number of hydrogen-bond acceptors (Lipinski definition) is 5. The Hall–Kier alpha value is -3.03. The van der Waals surface area contributed by atoms with Crippen LogP contribution in [-0.2, 0) is 0 Å². The Balaban J connectivity index is 1.36. The molecular formula is C25H26ClN3O3S. The van der Waals surface area contributed by atoms with Crippen LogP contribution >= 0.6 is 22.9 Å². The highest BCUT2D eigenvalue weighted by atomic mass is 35.5. The second-order valence-electron chi connectivity index (χ2n) is 7.75. The minimum absolute atomic E-state index is 0.0815. The predicted molar refractivity (Wildman–Crippen MR) is 134 cm³/mol. The number of anilines is 2. The molecule has 2 aromatic carbocycles. The number of nitrogens with zero attached hydrogens (tertiary/aromatic N) is 2. The topological polar surface area (TPSA) is 61.9 Å². The van der Waals surface area contributed by atoms with E-state index < -0.39 is 0 Å². The second kappa shape index (κ2) is 10.7. The van der Waals surface area contributed by atoms with Crippen LogP contribution in [0.2, 0.25) is 5.02 Å². The van der Waals surface area contributed by atoms with Crippen LogP contribution in [0.4, 0.5) is 11.4 Å². The summed E-state index contributed by atoms with van der Waals surface area (Å²) in [7, 11) is 0. The number of benzene rings is 2. The fourth-order valence-electron chi connectivity index (χ4n) is 3.70. The summed E-state index contributed by atoms with van der Waals surface area (Å²) < 4.78 is 5.61. The van der Waals surface area contributed by atoms with Crippen LogP contribution < -0.4 is 15.0 Å². The monoisotopic (exact) mass is 483 g/mol. The molecule has 1 aromatic heterocycles. The molecule has 3 aromatic rings. The highest BCUT2D eigenvalue weighted by molar-refractivity contribution is 7.12. The van der Waals surface area contributed by atoms with Gasteiger partial charge in [0.05, 0.1) is 22.2 Å². The summed E-state index contributed by atoms with van der Waals surface area (Å²) in [6.45, 7) is 5.33. The lowest BCUT2D eigenvalue weighted by atomic mass is 10.2. The molecule has 0 saturated carbocycles. The van der Waals surface area contributed by atoms with E-state index in [0.29, 0.717) is 54.8 Å². The Kier molecular flexibility index (Phi) is 7.52. The summed E-state index contributed by atoms with van der Waals surface area (Å²) in [6.07, 6.45) is 0.904. The molecule has 1 fully saturated rings. The Morgan fingerprint density at radius 3 is 2.58 bits per heavy atom. The molecule has 33 heavy (non-hydrogen) atoms. The number of rotatable bonds is 7. The van der Waals surface area contributed by atoms with E-state index >= 15 is 0 Å². The molecule has 0 radical (unpaired) electrons. The quantitative estimate of drug-likeness (QED) is 0.488. The van der Waals surface area contributed by atoms with Crippen molar-refractivity contribution < 1.29 is 14.3 Å². The van der Waals surface area contributed by atoms with E-state index in [2.05, 4.69) is 10.2 Å². The first-order valence-electron chi connectivity index (χ1n) is 11.0. The zero-order valence-corrected chi connectivity index (χ0v) is 20.0. The van der Waals surface area contributed by atoms with Crippen molar-refractivity contribution in [3.8, 4) is 5.75 Å². The minimum Gasteiger partial charge on any atom is -0.494 e. The highest BCUT2D eigenvalue weighted by Crippen LogP contribution is 2.30. The molecule has 0 bridgehead atoms. The first-order chi connectivity index (χ1) is 16.0. The zero-order chi connectivity index (χ0) is 23.2. The lowest BCUT2D eigenvalue weighted by molar-refractivity contribution is 0.0751. The van der Waals surface area contributed by atoms with Crippen LogP contribution in [0.3, 0.4) is 0 Å². The summed E-state index contributed by atoms with van der Waals surface area (Å²) in [5.74, 6) is 0.536. The number of hydrogen-bond donors (Lipinski definition) is 1. The molecule has 1 aliphatic heterocycles. The standard InChI is InChI=1S/C25H26ClN3O3S/c1-2-14-32-20-6-3-5-18(16-20)24(30)27-19-8-9-22(21(26)17-19)28-10-12-29(13-11-28)25(31)23-7-4-15-33-23/h3-9,15-17H,2,10-14H2,1H3,(H,27,30). The van der Waals surface area contributed by atoms with Gasteiger partial charge in [0.1, 0.15) is 5.75 Å². The first-order valence-corrected chi connectivity index (χ1v) is 12.2. The van der Waals surface area contributed by atoms with E-state index in [1.165, 1.54) is 11.3 Å². The molecule has 2 amide bonds. The van der Waals surface area contributed by atoms with Gasteiger partial charge < -0.3 is 19.9 Å². The van der Waals surface area contributed by atoms with Gasteiger partial charge in [-0.3, -0.25) is 9.59 Å². The van der Waals surface area contributed by atoms with Crippen LogP contribution in [0.15, 0.2) is 60.0 Å². The van der Waals surface area contributed by atoms with Crippen molar-refractivity contribution in [1.29, 1.82) is 0 Å². The summed E-state index contributed by atoms with van der Waals surface area (Å²) in [4.78, 5) is 30.0. The fraction of sp³-hybridized carbons (Fsp3) is 0.280. The van der Waals surface area contributed by atoms with E-state index in [9.17, 15) is 9.59 Å². The lowest BCUT2D eigenvalue weighted by Crippen LogP contribution is -2.48. The van der Waals surface area contributed by atoms with Gasteiger partial charge in [0.25, 0.3) is 11.8 Å². The summed E-state index contributed by atoms with van der Waals surface area (Å²) >= 11 is 8.03. The number of nitrogens with one attached hydrogen (secondary N) is 1. The minimum atomic E-state index is -0.221.